The highest BCUT2D eigenvalue weighted by atomic mass is 16.2. The Kier molecular flexibility index (Phi) is 6.28. The maximum absolute atomic E-state index is 13.2. The van der Waals surface area contributed by atoms with Gasteiger partial charge in [-0.05, 0) is 29.3 Å². The number of hydrogen-bond acceptors (Lipinski definition) is 4. The molecule has 0 N–H and O–H groups in total. The van der Waals surface area contributed by atoms with Gasteiger partial charge in [-0.25, -0.2) is 4.68 Å². The number of benzene rings is 2. The summed E-state index contributed by atoms with van der Waals surface area (Å²) in [5, 5.41) is 4.41. The second-order valence-corrected chi connectivity index (χ2v) is 7.17. The summed E-state index contributed by atoms with van der Waals surface area (Å²) in [6.45, 7) is 0.776. The van der Waals surface area contributed by atoms with Crippen molar-refractivity contribution in [1.29, 1.82) is 0 Å². The first-order valence-corrected chi connectivity index (χ1v) is 10.0. The summed E-state index contributed by atoms with van der Waals surface area (Å²) in [6.07, 6.45) is 3.33. The van der Waals surface area contributed by atoms with Crippen LogP contribution in [0.15, 0.2) is 102 Å². The van der Waals surface area contributed by atoms with Crippen molar-refractivity contribution in [2.24, 2.45) is 0 Å². The number of aromatic nitrogens is 3. The van der Waals surface area contributed by atoms with Crippen LogP contribution >= 0.6 is 0 Å². The van der Waals surface area contributed by atoms with Crippen LogP contribution in [0.1, 0.15) is 11.1 Å². The number of carbonyl (C=O) groups excluding carboxylic acids is 1. The first kappa shape index (κ1) is 20.2. The number of pyridine rings is 1. The smallest absolute Gasteiger partial charge is 0.267 e. The van der Waals surface area contributed by atoms with Crippen molar-refractivity contribution in [1.82, 2.24) is 19.7 Å². The predicted octanol–water partition coefficient (Wildman–Crippen LogP) is 3.53. The fourth-order valence-corrected chi connectivity index (χ4v) is 3.31. The fourth-order valence-electron chi connectivity index (χ4n) is 3.31. The quantitative estimate of drug-likeness (QED) is 0.467. The lowest BCUT2D eigenvalue weighted by atomic mass is 10.1. The largest absolute Gasteiger partial charge is 0.332 e. The molecule has 0 aliphatic rings. The summed E-state index contributed by atoms with van der Waals surface area (Å²) in [7, 11) is 0. The molecular formula is C25H22N4O2. The van der Waals surface area contributed by atoms with Gasteiger partial charge in [-0.2, -0.15) is 5.10 Å². The Morgan fingerprint density at radius 1 is 0.774 bits per heavy atom. The van der Waals surface area contributed by atoms with Gasteiger partial charge in [0, 0.05) is 37.1 Å². The zero-order chi connectivity index (χ0) is 21.5. The SMILES string of the molecule is O=C(Cn1nc(-c2ccncc2)ccc1=O)N(Cc1ccccc1)Cc1ccccc1. The minimum absolute atomic E-state index is 0.128. The molecular weight excluding hydrogens is 388 g/mol. The highest BCUT2D eigenvalue weighted by Crippen LogP contribution is 2.14. The summed E-state index contributed by atoms with van der Waals surface area (Å²) in [6, 6.07) is 26.4. The second kappa shape index (κ2) is 9.63. The number of carbonyl (C=O) groups is 1. The minimum atomic E-state index is -0.314. The molecule has 154 valence electrons. The molecule has 6 nitrogen and oxygen atoms in total. The third-order valence-electron chi connectivity index (χ3n) is 4.91. The van der Waals surface area contributed by atoms with Crippen molar-refractivity contribution in [3.05, 3.63) is 119 Å². The van der Waals surface area contributed by atoms with Gasteiger partial charge in [0.1, 0.15) is 6.54 Å². The number of rotatable bonds is 7. The molecule has 4 aromatic rings. The molecule has 0 atom stereocenters. The van der Waals surface area contributed by atoms with Crippen LogP contribution in [0.3, 0.4) is 0 Å². The molecule has 0 saturated heterocycles. The Labute approximate surface area is 180 Å². The van der Waals surface area contributed by atoms with E-state index < -0.39 is 0 Å². The molecule has 6 heteroatoms. The molecule has 4 rings (SSSR count). The van der Waals surface area contributed by atoms with Gasteiger partial charge in [0.25, 0.3) is 5.56 Å². The molecule has 0 saturated carbocycles. The molecule has 0 bridgehead atoms. The summed E-state index contributed by atoms with van der Waals surface area (Å²) in [5.41, 5.74) is 3.19. The van der Waals surface area contributed by atoms with Gasteiger partial charge in [0.05, 0.1) is 5.69 Å². The third-order valence-corrected chi connectivity index (χ3v) is 4.91. The normalized spacial score (nSPS) is 10.6. The first-order chi connectivity index (χ1) is 15.2. The van der Waals surface area contributed by atoms with Gasteiger partial charge in [-0.3, -0.25) is 14.6 Å². The molecule has 0 radical (unpaired) electrons. The van der Waals surface area contributed by atoms with E-state index in [9.17, 15) is 9.59 Å². The van der Waals surface area contributed by atoms with Crippen molar-refractivity contribution >= 4 is 5.91 Å². The van der Waals surface area contributed by atoms with Crippen molar-refractivity contribution < 1.29 is 4.79 Å². The van der Waals surface area contributed by atoms with Crippen molar-refractivity contribution in [3.63, 3.8) is 0 Å². The maximum Gasteiger partial charge on any atom is 0.267 e. The van der Waals surface area contributed by atoms with Crippen LogP contribution in [0.25, 0.3) is 11.3 Å². The molecule has 31 heavy (non-hydrogen) atoms. The predicted molar refractivity (Wildman–Crippen MR) is 119 cm³/mol. The Bertz CT molecular complexity index is 1150. The van der Waals surface area contributed by atoms with Crippen LogP contribution in [-0.4, -0.2) is 25.6 Å². The Morgan fingerprint density at radius 2 is 1.35 bits per heavy atom. The zero-order valence-corrected chi connectivity index (χ0v) is 17.0. The first-order valence-electron chi connectivity index (χ1n) is 10.0. The number of amides is 1. The molecule has 0 aliphatic carbocycles. The number of hydrogen-bond donors (Lipinski definition) is 0. The van der Waals surface area contributed by atoms with E-state index in [1.54, 1.807) is 23.4 Å². The van der Waals surface area contributed by atoms with Gasteiger partial charge < -0.3 is 4.90 Å². The average molecular weight is 410 g/mol. The lowest BCUT2D eigenvalue weighted by Gasteiger charge is -2.23. The van der Waals surface area contributed by atoms with E-state index in [1.807, 2.05) is 72.8 Å². The molecule has 0 aliphatic heterocycles. The van der Waals surface area contributed by atoms with E-state index in [4.69, 9.17) is 0 Å². The van der Waals surface area contributed by atoms with E-state index in [2.05, 4.69) is 10.1 Å². The van der Waals surface area contributed by atoms with Crippen LogP contribution in [0.2, 0.25) is 0 Å². The molecule has 0 unspecified atom stereocenters. The molecule has 2 heterocycles. The van der Waals surface area contributed by atoms with E-state index in [-0.39, 0.29) is 18.0 Å². The second-order valence-electron chi connectivity index (χ2n) is 7.17. The highest BCUT2D eigenvalue weighted by molar-refractivity contribution is 5.76. The summed E-state index contributed by atoms with van der Waals surface area (Å²) >= 11 is 0. The van der Waals surface area contributed by atoms with Crippen molar-refractivity contribution in [2.75, 3.05) is 0 Å². The standard InChI is InChI=1S/C25H22N4O2/c30-24-12-11-23(22-13-15-26-16-14-22)27-29(24)19-25(31)28(17-20-7-3-1-4-8-20)18-21-9-5-2-6-10-21/h1-16H,17-19H2. The molecule has 1 amide bonds. The van der Waals surface area contributed by atoms with Crippen LogP contribution < -0.4 is 5.56 Å². The van der Waals surface area contributed by atoms with Crippen molar-refractivity contribution in [2.45, 2.75) is 19.6 Å². The maximum atomic E-state index is 13.2. The lowest BCUT2D eigenvalue weighted by molar-refractivity contribution is -0.133. The van der Waals surface area contributed by atoms with E-state index in [1.165, 1.54) is 10.7 Å². The van der Waals surface area contributed by atoms with Gasteiger partial charge >= 0.3 is 0 Å². The fraction of sp³-hybridized carbons (Fsp3) is 0.120. The monoisotopic (exact) mass is 410 g/mol. The molecule has 2 aromatic heterocycles. The third kappa shape index (κ3) is 5.30. The van der Waals surface area contributed by atoms with Gasteiger partial charge in [0.15, 0.2) is 0 Å². The summed E-state index contributed by atoms with van der Waals surface area (Å²) in [4.78, 5) is 31.4. The summed E-state index contributed by atoms with van der Waals surface area (Å²) < 4.78 is 1.22. The minimum Gasteiger partial charge on any atom is -0.332 e. The van der Waals surface area contributed by atoms with Gasteiger partial charge in [-0.1, -0.05) is 60.7 Å². The summed E-state index contributed by atoms with van der Waals surface area (Å²) in [5.74, 6) is -0.172. The van der Waals surface area contributed by atoms with Crippen molar-refractivity contribution in [3.8, 4) is 11.3 Å². The van der Waals surface area contributed by atoms with E-state index in [0.29, 0.717) is 18.8 Å². The molecule has 0 spiro atoms. The topological polar surface area (TPSA) is 68.1 Å². The Morgan fingerprint density at radius 3 is 1.94 bits per heavy atom. The zero-order valence-electron chi connectivity index (χ0n) is 17.0. The van der Waals surface area contributed by atoms with Crippen LogP contribution in [0.4, 0.5) is 0 Å². The Balaban J connectivity index is 1.59. The lowest BCUT2D eigenvalue weighted by Crippen LogP contribution is -2.36. The van der Waals surface area contributed by atoms with Gasteiger partial charge in [0.2, 0.25) is 5.91 Å². The molecule has 0 fully saturated rings. The highest BCUT2D eigenvalue weighted by Gasteiger charge is 2.17. The van der Waals surface area contributed by atoms with E-state index >= 15 is 0 Å². The van der Waals surface area contributed by atoms with Crippen LogP contribution in [0, 0.1) is 0 Å². The molecule has 2 aromatic carbocycles. The Hall–Kier alpha value is -4.06. The van der Waals surface area contributed by atoms with Gasteiger partial charge in [-0.15, -0.1) is 0 Å². The number of nitrogens with zero attached hydrogens (tertiary/aromatic N) is 4. The average Bonchev–Trinajstić information content (AvgIpc) is 2.82. The van der Waals surface area contributed by atoms with E-state index in [0.717, 1.165) is 16.7 Å². The van der Waals surface area contributed by atoms with Crippen LogP contribution in [-0.2, 0) is 24.4 Å². The van der Waals surface area contributed by atoms with Crippen LogP contribution in [0.5, 0.6) is 0 Å².